The lowest BCUT2D eigenvalue weighted by atomic mass is 9.96. The number of nitrogens with zero attached hydrogens (tertiary/aromatic N) is 1. The third kappa shape index (κ3) is 6.47. The highest BCUT2D eigenvalue weighted by molar-refractivity contribution is 9.09. The quantitative estimate of drug-likeness (QED) is 0.701. The van der Waals surface area contributed by atoms with Crippen LogP contribution in [-0.4, -0.2) is 41.6 Å². The number of halogens is 1. The van der Waals surface area contributed by atoms with E-state index >= 15 is 0 Å². The second kappa shape index (κ2) is 6.80. The summed E-state index contributed by atoms with van der Waals surface area (Å²) in [7, 11) is 0. The Labute approximate surface area is 90.4 Å². The molecule has 0 aliphatic carbocycles. The largest absolute Gasteiger partial charge is 0.395 e. The maximum Gasteiger partial charge on any atom is 0.0558 e. The molecule has 0 aromatic rings. The lowest BCUT2D eigenvalue weighted by Gasteiger charge is -2.30. The van der Waals surface area contributed by atoms with Gasteiger partial charge >= 0.3 is 0 Å². The van der Waals surface area contributed by atoms with E-state index in [-0.39, 0.29) is 6.61 Å². The van der Waals surface area contributed by atoms with Crippen LogP contribution in [0.2, 0.25) is 0 Å². The zero-order chi connectivity index (χ0) is 10.3. The SMILES string of the molecule is CCCN(CCO)CC(C)(C)CBr. The van der Waals surface area contributed by atoms with Gasteiger partial charge in [-0.2, -0.15) is 0 Å². The minimum absolute atomic E-state index is 0.262. The molecule has 13 heavy (non-hydrogen) atoms. The smallest absolute Gasteiger partial charge is 0.0558 e. The number of aliphatic hydroxyl groups is 1. The van der Waals surface area contributed by atoms with E-state index in [0.717, 1.165) is 31.4 Å². The molecule has 0 aliphatic rings. The average Bonchev–Trinajstić information content (AvgIpc) is 2.05. The molecule has 0 saturated heterocycles. The van der Waals surface area contributed by atoms with Crippen molar-refractivity contribution in [3.8, 4) is 0 Å². The second-order valence-electron chi connectivity index (χ2n) is 4.30. The van der Waals surface area contributed by atoms with Gasteiger partial charge in [-0.25, -0.2) is 0 Å². The summed E-state index contributed by atoms with van der Waals surface area (Å²) in [5.41, 5.74) is 0.296. The molecule has 0 rings (SSSR count). The molecule has 80 valence electrons. The summed E-state index contributed by atoms with van der Waals surface area (Å²) in [6.07, 6.45) is 1.15. The molecule has 0 saturated carbocycles. The standard InChI is InChI=1S/C10H22BrNO/c1-4-5-12(6-7-13)9-10(2,3)8-11/h13H,4-9H2,1-3H3. The van der Waals surface area contributed by atoms with Crippen LogP contribution in [0.15, 0.2) is 0 Å². The van der Waals surface area contributed by atoms with Gasteiger partial charge in [-0.3, -0.25) is 0 Å². The van der Waals surface area contributed by atoms with Crippen LogP contribution in [0.4, 0.5) is 0 Å². The van der Waals surface area contributed by atoms with Crippen LogP contribution in [0.25, 0.3) is 0 Å². The van der Waals surface area contributed by atoms with Crippen molar-refractivity contribution in [1.82, 2.24) is 4.90 Å². The average molecular weight is 252 g/mol. The molecule has 0 bridgehead atoms. The molecule has 0 fully saturated rings. The summed E-state index contributed by atoms with van der Waals surface area (Å²) in [4.78, 5) is 2.32. The molecule has 0 radical (unpaired) electrons. The molecular formula is C10H22BrNO. The summed E-state index contributed by atoms with van der Waals surface area (Å²) < 4.78 is 0. The van der Waals surface area contributed by atoms with E-state index in [4.69, 9.17) is 5.11 Å². The highest BCUT2D eigenvalue weighted by Gasteiger charge is 2.19. The second-order valence-corrected chi connectivity index (χ2v) is 4.86. The number of hydrogen-bond acceptors (Lipinski definition) is 2. The molecule has 3 heteroatoms. The first kappa shape index (κ1) is 13.4. The molecule has 0 amide bonds. The molecule has 0 aromatic carbocycles. The van der Waals surface area contributed by atoms with E-state index in [9.17, 15) is 0 Å². The molecular weight excluding hydrogens is 230 g/mol. The third-order valence-corrected chi connectivity index (χ3v) is 3.49. The van der Waals surface area contributed by atoms with Crippen LogP contribution >= 0.6 is 15.9 Å². The van der Waals surface area contributed by atoms with Gasteiger partial charge < -0.3 is 10.0 Å². The first-order valence-corrected chi connectivity index (χ1v) is 6.07. The minimum Gasteiger partial charge on any atom is -0.395 e. The maximum absolute atomic E-state index is 8.88. The highest BCUT2D eigenvalue weighted by Crippen LogP contribution is 2.19. The van der Waals surface area contributed by atoms with Crippen molar-refractivity contribution in [2.24, 2.45) is 5.41 Å². The number of hydrogen-bond donors (Lipinski definition) is 1. The van der Waals surface area contributed by atoms with Gasteiger partial charge in [-0.05, 0) is 18.4 Å². The Hall–Kier alpha value is 0.400. The van der Waals surface area contributed by atoms with Gasteiger partial charge in [0.15, 0.2) is 0 Å². The summed E-state index contributed by atoms with van der Waals surface area (Å²) in [5.74, 6) is 0. The Morgan fingerprint density at radius 1 is 1.31 bits per heavy atom. The van der Waals surface area contributed by atoms with E-state index in [2.05, 4.69) is 41.6 Å². The lowest BCUT2D eigenvalue weighted by molar-refractivity contribution is 0.155. The maximum atomic E-state index is 8.88. The first-order valence-electron chi connectivity index (χ1n) is 4.95. The topological polar surface area (TPSA) is 23.5 Å². The van der Waals surface area contributed by atoms with E-state index in [1.807, 2.05) is 0 Å². The van der Waals surface area contributed by atoms with E-state index < -0.39 is 0 Å². The van der Waals surface area contributed by atoms with Crippen molar-refractivity contribution >= 4 is 15.9 Å². The zero-order valence-electron chi connectivity index (χ0n) is 9.02. The Kier molecular flexibility index (Phi) is 7.00. The molecule has 0 aromatic heterocycles. The third-order valence-electron chi connectivity index (χ3n) is 1.97. The van der Waals surface area contributed by atoms with Crippen molar-refractivity contribution in [3.05, 3.63) is 0 Å². The van der Waals surface area contributed by atoms with Crippen LogP contribution in [0, 0.1) is 5.41 Å². The van der Waals surface area contributed by atoms with Crippen molar-refractivity contribution in [1.29, 1.82) is 0 Å². The van der Waals surface area contributed by atoms with Gasteiger partial charge in [-0.15, -0.1) is 0 Å². The highest BCUT2D eigenvalue weighted by atomic mass is 79.9. The van der Waals surface area contributed by atoms with E-state index in [1.54, 1.807) is 0 Å². The molecule has 0 aliphatic heterocycles. The summed E-state index contributed by atoms with van der Waals surface area (Å²) in [5, 5.41) is 9.89. The predicted octanol–water partition coefficient (Wildman–Crippen LogP) is 2.11. The molecule has 1 N–H and O–H groups in total. The van der Waals surface area contributed by atoms with Gasteiger partial charge in [-0.1, -0.05) is 36.7 Å². The van der Waals surface area contributed by atoms with Gasteiger partial charge in [0, 0.05) is 18.4 Å². The number of rotatable bonds is 7. The van der Waals surface area contributed by atoms with Crippen LogP contribution < -0.4 is 0 Å². The molecule has 0 unspecified atom stereocenters. The number of alkyl halides is 1. The van der Waals surface area contributed by atoms with Crippen molar-refractivity contribution in [2.45, 2.75) is 27.2 Å². The monoisotopic (exact) mass is 251 g/mol. The minimum atomic E-state index is 0.262. The fourth-order valence-electron chi connectivity index (χ4n) is 1.38. The van der Waals surface area contributed by atoms with Crippen LogP contribution in [0.5, 0.6) is 0 Å². The Morgan fingerprint density at radius 2 is 1.92 bits per heavy atom. The van der Waals surface area contributed by atoms with Crippen molar-refractivity contribution in [3.63, 3.8) is 0 Å². The Morgan fingerprint density at radius 3 is 2.31 bits per heavy atom. The molecule has 2 nitrogen and oxygen atoms in total. The number of aliphatic hydroxyl groups excluding tert-OH is 1. The summed E-state index contributed by atoms with van der Waals surface area (Å²) in [6, 6.07) is 0. The van der Waals surface area contributed by atoms with Gasteiger partial charge in [0.2, 0.25) is 0 Å². The van der Waals surface area contributed by atoms with E-state index in [0.29, 0.717) is 5.41 Å². The van der Waals surface area contributed by atoms with E-state index in [1.165, 1.54) is 0 Å². The molecule has 0 spiro atoms. The molecule has 0 atom stereocenters. The van der Waals surface area contributed by atoms with Crippen LogP contribution in [-0.2, 0) is 0 Å². The lowest BCUT2D eigenvalue weighted by Crippen LogP contribution is -2.37. The molecule has 0 heterocycles. The fraction of sp³-hybridized carbons (Fsp3) is 1.00. The van der Waals surface area contributed by atoms with Gasteiger partial charge in [0.05, 0.1) is 6.61 Å². The predicted molar refractivity (Wildman–Crippen MR) is 61.4 cm³/mol. The van der Waals surface area contributed by atoms with Crippen molar-refractivity contribution < 1.29 is 5.11 Å². The summed E-state index contributed by atoms with van der Waals surface area (Å²) >= 11 is 3.51. The van der Waals surface area contributed by atoms with Gasteiger partial charge in [0.25, 0.3) is 0 Å². The van der Waals surface area contributed by atoms with Crippen LogP contribution in [0.1, 0.15) is 27.2 Å². The Bertz CT molecular complexity index is 122. The zero-order valence-corrected chi connectivity index (χ0v) is 10.6. The fourth-order valence-corrected chi connectivity index (χ4v) is 1.55. The normalized spacial score (nSPS) is 12.5. The van der Waals surface area contributed by atoms with Crippen molar-refractivity contribution in [2.75, 3.05) is 31.6 Å². The summed E-state index contributed by atoms with van der Waals surface area (Å²) in [6.45, 7) is 9.83. The Balaban J connectivity index is 3.92. The first-order chi connectivity index (χ1) is 6.05. The van der Waals surface area contributed by atoms with Crippen LogP contribution in [0.3, 0.4) is 0 Å². The van der Waals surface area contributed by atoms with Gasteiger partial charge in [0.1, 0.15) is 0 Å².